The molecule has 0 saturated carbocycles. The normalized spacial score (nSPS) is 11.9. The van der Waals surface area contributed by atoms with Crippen LogP contribution in [0.4, 0.5) is 0 Å². The zero-order valence-corrected chi connectivity index (χ0v) is 61.5. The van der Waals surface area contributed by atoms with Crippen LogP contribution in [0.1, 0.15) is 0 Å². The lowest BCUT2D eigenvalue weighted by atomic mass is 10.0. The van der Waals surface area contributed by atoms with Crippen LogP contribution >= 0.6 is 0 Å². The van der Waals surface area contributed by atoms with Crippen molar-refractivity contribution in [1.29, 1.82) is 0 Å². The molecule has 8 heterocycles. The number of aromatic nitrogens is 7. The van der Waals surface area contributed by atoms with Crippen molar-refractivity contribution in [1.82, 2.24) is 33.2 Å². The second-order valence-electron chi connectivity index (χ2n) is 29.3. The van der Waals surface area contributed by atoms with Crippen LogP contribution in [0.5, 0.6) is 0 Å². The van der Waals surface area contributed by atoms with Crippen molar-refractivity contribution in [3.8, 4) is 90.3 Å². The van der Waals surface area contributed by atoms with Gasteiger partial charge in [-0.05, 0) is 144 Å². The van der Waals surface area contributed by atoms with E-state index in [1.807, 2.05) is 54.6 Å². The predicted molar refractivity (Wildman–Crippen MR) is 471 cm³/mol. The summed E-state index contributed by atoms with van der Waals surface area (Å²) in [5.41, 5.74) is 27.7. The summed E-state index contributed by atoms with van der Waals surface area (Å²) in [5.74, 6) is 1.52. The Balaban J connectivity index is 0.000000135. The predicted octanol–water partition coefficient (Wildman–Crippen LogP) is 27.7. The number of rotatable bonds is 10. The third kappa shape index (κ3) is 10.4. The molecule has 0 N–H and O–H groups in total. The van der Waals surface area contributed by atoms with E-state index in [0.29, 0.717) is 5.82 Å². The third-order valence-electron chi connectivity index (χ3n) is 22.9. The number of para-hydroxylation sites is 6. The van der Waals surface area contributed by atoms with Crippen LogP contribution in [-0.2, 0) is 0 Å². The van der Waals surface area contributed by atoms with Gasteiger partial charge in [0.25, 0.3) is 0 Å². The van der Waals surface area contributed by atoms with Gasteiger partial charge in [0.1, 0.15) is 28.1 Å². The second kappa shape index (κ2) is 26.1. The van der Waals surface area contributed by atoms with Crippen molar-refractivity contribution in [3.63, 3.8) is 0 Å². The zero-order chi connectivity index (χ0) is 74.9. The number of nitrogens with zero attached hydrogens (tertiary/aromatic N) is 7. The van der Waals surface area contributed by atoms with Crippen LogP contribution < -0.4 is 0 Å². The molecule has 9 nitrogen and oxygen atoms in total. The van der Waals surface area contributed by atoms with E-state index in [0.717, 1.165) is 172 Å². The van der Waals surface area contributed by atoms with Crippen molar-refractivity contribution >= 4 is 131 Å². The standard InChI is InChI=1S/C53H33N3O.C52H32N4O/c1-3-13-35(14-4-1)45-32-39(33-46(54-45)36-15-5-2-6-16-36)56-47-20-10-7-17-40(47)44-31-37(25-29-49(44)56)34-23-26-38(27-24-34)55-48-21-11-8-19-43(48)52-50(55)30-28-42-41-18-9-12-22-51(41)57-53(42)52;1-3-13-34(14-4-1)43-32-49(54-52(53-43)35-15-5-2-6-16-35)56-44-20-10-7-17-38(44)42-31-36(25-29-46(42)56)33-23-26-37(27-24-33)55-45-21-11-8-19-41(45)50-47(55)30-28-40-39-18-9-12-22-48(39)57-51(40)50/h1-33H;1-32H. The maximum Gasteiger partial charge on any atom is 0.162 e. The van der Waals surface area contributed by atoms with Crippen LogP contribution in [0.25, 0.3) is 221 Å². The summed E-state index contributed by atoms with van der Waals surface area (Å²) >= 11 is 0. The topological polar surface area (TPSA) is 84.7 Å². The minimum absolute atomic E-state index is 0.694. The molecule has 0 fully saturated rings. The zero-order valence-electron chi connectivity index (χ0n) is 61.5. The molecule has 24 aromatic rings. The molecule has 16 aromatic carbocycles. The Morgan fingerprint density at radius 1 is 0.184 bits per heavy atom. The molecule has 8 aromatic heterocycles. The number of fused-ring (bicyclic) bond motifs is 20. The van der Waals surface area contributed by atoms with Crippen molar-refractivity contribution in [2.45, 2.75) is 0 Å². The average Bonchev–Trinajstić information content (AvgIpc) is 1.55. The van der Waals surface area contributed by atoms with Crippen LogP contribution in [0.15, 0.2) is 403 Å². The molecular formula is C105H65N7O2. The average molecular weight is 1460 g/mol. The van der Waals surface area contributed by atoms with E-state index >= 15 is 0 Å². The molecule has 0 aliphatic heterocycles. The molecule has 0 radical (unpaired) electrons. The van der Waals surface area contributed by atoms with Crippen molar-refractivity contribution in [3.05, 3.63) is 394 Å². The van der Waals surface area contributed by atoms with E-state index in [4.69, 9.17) is 23.8 Å². The van der Waals surface area contributed by atoms with Crippen LogP contribution in [-0.4, -0.2) is 33.2 Å². The summed E-state index contributed by atoms with van der Waals surface area (Å²) in [7, 11) is 0. The Hall–Kier alpha value is -15.5. The monoisotopic (exact) mass is 1460 g/mol. The number of hydrogen-bond donors (Lipinski definition) is 0. The maximum atomic E-state index is 6.53. The highest BCUT2D eigenvalue weighted by Crippen LogP contribution is 2.45. The molecule has 0 atom stereocenters. The van der Waals surface area contributed by atoms with Gasteiger partial charge in [-0.25, -0.2) is 15.0 Å². The van der Waals surface area contributed by atoms with E-state index in [1.165, 1.54) is 43.4 Å². The van der Waals surface area contributed by atoms with Gasteiger partial charge < -0.3 is 22.5 Å². The summed E-state index contributed by atoms with van der Waals surface area (Å²) in [5, 5.41) is 14.0. The van der Waals surface area contributed by atoms with Gasteiger partial charge in [0.2, 0.25) is 0 Å². The van der Waals surface area contributed by atoms with Crippen LogP contribution in [0, 0.1) is 0 Å². The molecule has 0 saturated heterocycles. The molecule has 0 bridgehead atoms. The molecule has 9 heteroatoms. The Labute approximate surface area is 653 Å². The number of furan rings is 2. The lowest BCUT2D eigenvalue weighted by molar-refractivity contribution is 0.672. The van der Waals surface area contributed by atoms with Gasteiger partial charge >= 0.3 is 0 Å². The Bertz CT molecular complexity index is 7360. The molecule has 532 valence electrons. The Kier molecular flexibility index (Phi) is 14.8. The Morgan fingerprint density at radius 2 is 0.518 bits per heavy atom. The summed E-state index contributed by atoms with van der Waals surface area (Å²) in [6.07, 6.45) is 0. The Morgan fingerprint density at radius 3 is 0.974 bits per heavy atom. The summed E-state index contributed by atoms with van der Waals surface area (Å²) < 4.78 is 22.4. The highest BCUT2D eigenvalue weighted by molar-refractivity contribution is 6.25. The van der Waals surface area contributed by atoms with E-state index in [-0.39, 0.29) is 0 Å². The lowest BCUT2D eigenvalue weighted by Crippen LogP contribution is -2.02. The fourth-order valence-electron chi connectivity index (χ4n) is 17.6. The number of benzene rings is 16. The molecule has 0 spiro atoms. The first-order chi connectivity index (χ1) is 56.5. The lowest BCUT2D eigenvalue weighted by Gasteiger charge is -2.13. The van der Waals surface area contributed by atoms with E-state index < -0.39 is 0 Å². The van der Waals surface area contributed by atoms with Crippen molar-refractivity contribution in [2.24, 2.45) is 0 Å². The van der Waals surface area contributed by atoms with E-state index in [2.05, 4.69) is 358 Å². The highest BCUT2D eigenvalue weighted by atomic mass is 16.3. The van der Waals surface area contributed by atoms with Crippen LogP contribution in [0.3, 0.4) is 0 Å². The van der Waals surface area contributed by atoms with Gasteiger partial charge in [-0.15, -0.1) is 0 Å². The van der Waals surface area contributed by atoms with Crippen molar-refractivity contribution < 1.29 is 8.83 Å². The molecule has 0 amide bonds. The molecule has 0 aliphatic carbocycles. The minimum atomic E-state index is 0.694. The van der Waals surface area contributed by atoms with E-state index in [1.54, 1.807) is 0 Å². The first kappa shape index (κ1) is 64.5. The second-order valence-corrected chi connectivity index (χ2v) is 29.3. The molecule has 0 aliphatic rings. The van der Waals surface area contributed by atoms with E-state index in [9.17, 15) is 0 Å². The van der Waals surface area contributed by atoms with Gasteiger partial charge in [-0.2, -0.15) is 0 Å². The summed E-state index contributed by atoms with van der Waals surface area (Å²) in [6.45, 7) is 0. The van der Waals surface area contributed by atoms with Crippen LogP contribution in [0.2, 0.25) is 0 Å². The SMILES string of the molecule is c1ccc(-c2cc(-n3c4ccccc4c4cc(-c5ccc(-n6c7ccccc7c7c8oc9ccccc9c8ccc76)cc5)ccc43)cc(-c3ccccc3)n2)cc1.c1ccc(-c2cc(-n3c4ccccc4c4cc(-c5ccc(-n6c7ccccc7c7c8oc9ccccc9c8ccc76)cc5)ccc43)nc(-c3ccccc3)n2)cc1. The van der Waals surface area contributed by atoms with Gasteiger partial charge in [0.05, 0.1) is 77.7 Å². The van der Waals surface area contributed by atoms with Crippen molar-refractivity contribution in [2.75, 3.05) is 0 Å². The summed E-state index contributed by atoms with van der Waals surface area (Å²) in [4.78, 5) is 15.4. The third-order valence-corrected chi connectivity index (χ3v) is 22.9. The van der Waals surface area contributed by atoms with Gasteiger partial charge in [0, 0.05) is 93.6 Å². The maximum absolute atomic E-state index is 6.53. The fourth-order valence-corrected chi connectivity index (χ4v) is 17.6. The number of hydrogen-bond acceptors (Lipinski definition) is 5. The number of pyridine rings is 1. The highest BCUT2D eigenvalue weighted by Gasteiger charge is 2.24. The largest absolute Gasteiger partial charge is 0.455 e. The van der Waals surface area contributed by atoms with Gasteiger partial charge in [-0.1, -0.05) is 267 Å². The molecular weight excluding hydrogens is 1390 g/mol. The quantitative estimate of drug-likeness (QED) is 0.136. The minimum Gasteiger partial charge on any atom is -0.455 e. The molecule has 114 heavy (non-hydrogen) atoms. The first-order valence-electron chi connectivity index (χ1n) is 38.6. The smallest absolute Gasteiger partial charge is 0.162 e. The van der Waals surface area contributed by atoms with Gasteiger partial charge in [0.15, 0.2) is 5.82 Å². The fraction of sp³-hybridized carbons (Fsp3) is 0. The molecule has 24 rings (SSSR count). The first-order valence-corrected chi connectivity index (χ1v) is 38.6. The van der Waals surface area contributed by atoms with Gasteiger partial charge in [-0.3, -0.25) is 4.57 Å². The molecule has 0 unspecified atom stereocenters. The summed E-state index contributed by atoms with van der Waals surface area (Å²) in [6, 6.07) is 140.